The van der Waals surface area contributed by atoms with Crippen molar-refractivity contribution in [2.45, 2.75) is 0 Å². The maximum absolute atomic E-state index is 10.3. The number of halogens is 1. The van der Waals surface area contributed by atoms with Gasteiger partial charge < -0.3 is 31.0 Å². The molecular weight excluding hydrogens is 378 g/mol. The molecule has 0 aliphatic heterocycles. The van der Waals surface area contributed by atoms with E-state index in [0.29, 0.717) is 38.4 Å². The zero-order chi connectivity index (χ0) is 19.8. The van der Waals surface area contributed by atoms with Gasteiger partial charge in [0.25, 0.3) is 0 Å². The smallest absolute Gasteiger partial charge is 0.177 e. The van der Waals surface area contributed by atoms with Gasteiger partial charge in [-0.15, -0.1) is 0 Å². The molecule has 8 heteroatoms. The number of aromatic amines is 1. The summed E-state index contributed by atoms with van der Waals surface area (Å²) in [5.74, 6) is -0.461. The summed E-state index contributed by atoms with van der Waals surface area (Å²) in [4.78, 5) is 12.0. The molecule has 0 atom stereocenters. The number of phenolic OH excluding ortho intramolecular Hbond substituents is 1. The molecule has 0 fully saturated rings. The Morgan fingerprint density at radius 2 is 2.00 bits per heavy atom. The molecule has 0 aliphatic rings. The van der Waals surface area contributed by atoms with E-state index < -0.39 is 5.96 Å². The summed E-state index contributed by atoms with van der Waals surface area (Å²) in [6.07, 6.45) is 1.73. The molecule has 0 aliphatic carbocycles. The molecule has 0 amide bonds. The first-order valence-corrected chi connectivity index (χ1v) is 8.71. The molecule has 0 radical (unpaired) electrons. The normalized spacial score (nSPS) is 11.9. The molecule has 7 nitrogen and oxygen atoms in total. The number of nitrogens with zero attached hydrogens (tertiary/aromatic N) is 3. The number of fused-ring (bicyclic) bond motifs is 2. The Morgan fingerprint density at radius 3 is 2.75 bits per heavy atom. The van der Waals surface area contributed by atoms with E-state index in [1.807, 2.05) is 30.3 Å². The number of ether oxygens (including phenoxy) is 1. The van der Waals surface area contributed by atoms with E-state index in [0.717, 1.165) is 0 Å². The van der Waals surface area contributed by atoms with E-state index >= 15 is 0 Å². The van der Waals surface area contributed by atoms with E-state index in [2.05, 4.69) is 9.98 Å². The number of hydrogen-bond donors (Lipinski definition) is 3. The van der Waals surface area contributed by atoms with Gasteiger partial charge in [0.05, 0.1) is 28.9 Å². The van der Waals surface area contributed by atoms with Gasteiger partial charge in [-0.05, 0) is 24.3 Å². The minimum absolute atomic E-state index is 0.122. The fourth-order valence-corrected chi connectivity index (χ4v) is 3.43. The third kappa shape index (κ3) is 2.82. The van der Waals surface area contributed by atoms with Gasteiger partial charge in [-0.1, -0.05) is 29.8 Å². The predicted octanol–water partition coefficient (Wildman–Crippen LogP) is 3.54. The molecule has 0 spiro atoms. The Labute approximate surface area is 164 Å². The zero-order valence-corrected chi connectivity index (χ0v) is 15.5. The summed E-state index contributed by atoms with van der Waals surface area (Å²) in [7, 11) is 1.45. The van der Waals surface area contributed by atoms with Crippen LogP contribution in [0.5, 0.6) is 11.5 Å². The topological polar surface area (TPSA) is 119 Å². The number of H-pyrrole nitrogens is 1. The Hall–Kier alpha value is -3.58. The van der Waals surface area contributed by atoms with Crippen LogP contribution in [0.2, 0.25) is 5.02 Å². The standard InChI is InChI=1S/C20H15ClN5O2/c1-28-14-7-6-11(15(21)19(14)27)16-12-8-9-24-17(12)18(26-20(22)23)10-4-2-3-5-13(10)25-16/h2-9H,1H3,(H4-,22,23,24,25,26,27)/q-1. The number of hydrogen-bond acceptors (Lipinski definition) is 3. The number of aromatic hydroxyl groups is 1. The van der Waals surface area contributed by atoms with Gasteiger partial charge >= 0.3 is 0 Å². The molecule has 0 saturated carbocycles. The van der Waals surface area contributed by atoms with E-state index in [1.54, 1.807) is 18.3 Å². The summed E-state index contributed by atoms with van der Waals surface area (Å²) in [6, 6.07) is 12.5. The second-order valence-electron chi connectivity index (χ2n) is 6.04. The first-order valence-electron chi connectivity index (χ1n) is 8.33. The molecule has 4 aromatic rings. The van der Waals surface area contributed by atoms with Crippen molar-refractivity contribution >= 4 is 39.4 Å². The number of aromatic nitrogens is 2. The predicted molar refractivity (Wildman–Crippen MR) is 110 cm³/mol. The third-order valence-corrected chi connectivity index (χ3v) is 4.79. The van der Waals surface area contributed by atoms with E-state index in [1.165, 1.54) is 7.11 Å². The fourth-order valence-electron chi connectivity index (χ4n) is 3.18. The first-order chi connectivity index (χ1) is 13.5. The summed E-state index contributed by atoms with van der Waals surface area (Å²) < 4.78 is 5.12. The van der Waals surface area contributed by atoms with E-state index in [-0.39, 0.29) is 16.5 Å². The zero-order valence-electron chi connectivity index (χ0n) is 14.8. The molecule has 2 aromatic heterocycles. The van der Waals surface area contributed by atoms with Gasteiger partial charge in [0.2, 0.25) is 0 Å². The second kappa shape index (κ2) is 6.86. The number of guanidine groups is 1. The molecule has 2 heterocycles. The highest BCUT2D eigenvalue weighted by atomic mass is 35.5. The van der Waals surface area contributed by atoms with Gasteiger partial charge in [-0.25, -0.2) is 4.98 Å². The van der Waals surface area contributed by atoms with Crippen molar-refractivity contribution in [2.75, 3.05) is 7.11 Å². The second-order valence-corrected chi connectivity index (χ2v) is 6.42. The molecule has 140 valence electrons. The van der Waals surface area contributed by atoms with Gasteiger partial charge in [0.1, 0.15) is 0 Å². The quantitative estimate of drug-likeness (QED) is 0.357. The van der Waals surface area contributed by atoms with Crippen molar-refractivity contribution in [1.82, 2.24) is 9.97 Å². The number of nitrogens with two attached hydrogens (primary N) is 1. The van der Waals surface area contributed by atoms with Crippen molar-refractivity contribution in [3.8, 4) is 22.8 Å². The van der Waals surface area contributed by atoms with E-state index in [4.69, 9.17) is 27.1 Å². The Balaban J connectivity index is 2.22. The highest BCUT2D eigenvalue weighted by Crippen LogP contribution is 2.41. The van der Waals surface area contributed by atoms with Crippen LogP contribution in [-0.4, -0.2) is 28.1 Å². The highest BCUT2D eigenvalue weighted by Gasteiger charge is 2.17. The lowest BCUT2D eigenvalue weighted by molar-refractivity contribution is 0.374. The van der Waals surface area contributed by atoms with Crippen molar-refractivity contribution in [3.63, 3.8) is 0 Å². The van der Waals surface area contributed by atoms with Crippen LogP contribution in [0, 0.1) is 0 Å². The van der Waals surface area contributed by atoms with Gasteiger partial charge in [0.15, 0.2) is 11.5 Å². The molecule has 4 rings (SSSR count). The first kappa shape index (κ1) is 17.8. The van der Waals surface area contributed by atoms with Gasteiger partial charge in [-0.3, -0.25) is 0 Å². The summed E-state index contributed by atoms with van der Waals surface area (Å²) in [5, 5.41) is 21.9. The average molecular weight is 393 g/mol. The lowest BCUT2D eigenvalue weighted by Gasteiger charge is -2.09. The lowest BCUT2D eigenvalue weighted by atomic mass is 10.1. The molecule has 28 heavy (non-hydrogen) atoms. The monoisotopic (exact) mass is 392 g/mol. The summed E-state index contributed by atoms with van der Waals surface area (Å²) in [5.41, 5.74) is 7.74. The molecule has 4 N–H and O–H groups in total. The van der Waals surface area contributed by atoms with Crippen molar-refractivity contribution < 1.29 is 9.84 Å². The van der Waals surface area contributed by atoms with Crippen LogP contribution < -0.4 is 15.8 Å². The molecular formula is C20H15ClN5O2-. The number of methoxy groups -OCH3 is 1. The van der Waals surface area contributed by atoms with Crippen LogP contribution in [0.1, 0.15) is 0 Å². The largest absolute Gasteiger partial charge is 0.503 e. The Morgan fingerprint density at radius 1 is 1.21 bits per heavy atom. The number of phenols is 1. The maximum atomic E-state index is 10.3. The Kier molecular flexibility index (Phi) is 4.37. The van der Waals surface area contributed by atoms with Crippen LogP contribution in [0.15, 0.2) is 53.7 Å². The molecule has 0 unspecified atom stereocenters. The number of rotatable bonds is 2. The SMILES string of the molecule is COc1ccc(-c2nc3ccccc3/c(=N/C(=[N-])N)c3[nH]ccc23)c(Cl)c1O. The average Bonchev–Trinajstić information content (AvgIpc) is 3.12. The maximum Gasteiger partial charge on any atom is 0.177 e. The highest BCUT2D eigenvalue weighted by molar-refractivity contribution is 6.35. The van der Waals surface area contributed by atoms with Crippen LogP contribution in [0.3, 0.4) is 0 Å². The van der Waals surface area contributed by atoms with Gasteiger partial charge in [-0.2, -0.15) is 0 Å². The van der Waals surface area contributed by atoms with Crippen LogP contribution >= 0.6 is 11.6 Å². The number of nitrogens with one attached hydrogen (secondary N) is 1. The summed E-state index contributed by atoms with van der Waals surface area (Å²) >= 11 is 6.43. The number of para-hydroxylation sites is 1. The van der Waals surface area contributed by atoms with Crippen molar-refractivity contribution in [3.05, 3.63) is 64.5 Å². The molecule has 0 saturated heterocycles. The minimum Gasteiger partial charge on any atom is -0.503 e. The number of benzene rings is 2. The third-order valence-electron chi connectivity index (χ3n) is 4.41. The minimum atomic E-state index is -0.561. The van der Waals surface area contributed by atoms with Crippen molar-refractivity contribution in [2.24, 2.45) is 10.7 Å². The van der Waals surface area contributed by atoms with E-state index in [9.17, 15) is 10.5 Å². The Bertz CT molecular complexity index is 1310. The van der Waals surface area contributed by atoms with Crippen LogP contribution in [0.4, 0.5) is 0 Å². The fraction of sp³-hybridized carbons (Fsp3) is 0.0500. The lowest BCUT2D eigenvalue weighted by Crippen LogP contribution is -2.13. The molecule has 2 aromatic carbocycles. The van der Waals surface area contributed by atoms with Gasteiger partial charge in [0, 0.05) is 33.8 Å². The molecule has 0 bridgehead atoms. The summed E-state index contributed by atoms with van der Waals surface area (Å²) in [6.45, 7) is 0. The van der Waals surface area contributed by atoms with Crippen LogP contribution in [-0.2, 0) is 0 Å². The van der Waals surface area contributed by atoms with Crippen molar-refractivity contribution in [1.29, 1.82) is 0 Å². The van der Waals surface area contributed by atoms with Crippen LogP contribution in [0.25, 0.3) is 38.5 Å².